The Morgan fingerprint density at radius 2 is 2.30 bits per heavy atom. The van der Waals surface area contributed by atoms with Gasteiger partial charge in [0, 0.05) is 31.2 Å². The van der Waals surface area contributed by atoms with Gasteiger partial charge in [-0.15, -0.1) is 5.10 Å². The zero-order chi connectivity index (χ0) is 14.1. The maximum Gasteiger partial charge on any atom is 0.245 e. The fourth-order valence-corrected chi connectivity index (χ4v) is 2.57. The van der Waals surface area contributed by atoms with Crippen LogP contribution in [0, 0.1) is 5.82 Å². The van der Waals surface area contributed by atoms with Gasteiger partial charge in [0.25, 0.3) is 0 Å². The van der Waals surface area contributed by atoms with Crippen LogP contribution in [-0.4, -0.2) is 40.9 Å². The predicted molar refractivity (Wildman–Crippen MR) is 76.5 cm³/mol. The summed E-state index contributed by atoms with van der Waals surface area (Å²) in [6.07, 6.45) is 0. The van der Waals surface area contributed by atoms with E-state index < -0.39 is 0 Å². The molecule has 1 aliphatic rings. The van der Waals surface area contributed by atoms with Crippen molar-refractivity contribution < 1.29 is 4.39 Å². The summed E-state index contributed by atoms with van der Waals surface area (Å²) < 4.78 is 13.1. The summed E-state index contributed by atoms with van der Waals surface area (Å²) in [6.45, 7) is 4.74. The zero-order valence-corrected chi connectivity index (χ0v) is 11.8. The Morgan fingerprint density at radius 1 is 1.45 bits per heavy atom. The number of anilines is 1. The van der Waals surface area contributed by atoms with Crippen LogP contribution in [-0.2, 0) is 0 Å². The van der Waals surface area contributed by atoms with Crippen molar-refractivity contribution in [3.05, 3.63) is 29.0 Å². The molecule has 2 heterocycles. The summed E-state index contributed by atoms with van der Waals surface area (Å²) in [6, 6.07) is 4.63. The minimum Gasteiger partial charge on any atom is -0.337 e. The molecule has 20 heavy (non-hydrogen) atoms. The lowest BCUT2D eigenvalue weighted by molar-refractivity contribution is 0.480. The minimum atomic E-state index is -0.366. The molecule has 0 saturated carbocycles. The number of aromatic amines is 1. The molecule has 1 aromatic carbocycles. The van der Waals surface area contributed by atoms with Crippen molar-refractivity contribution in [3.8, 4) is 11.4 Å². The van der Waals surface area contributed by atoms with Crippen LogP contribution in [0.1, 0.15) is 6.92 Å². The molecule has 1 fully saturated rings. The molecule has 106 valence electrons. The van der Waals surface area contributed by atoms with Gasteiger partial charge in [0.2, 0.25) is 5.95 Å². The van der Waals surface area contributed by atoms with E-state index in [4.69, 9.17) is 11.6 Å². The Bertz CT molecular complexity index is 615. The maximum atomic E-state index is 13.1. The molecule has 2 N–H and O–H groups in total. The normalized spacial score (nSPS) is 19.4. The molecule has 2 aromatic rings. The van der Waals surface area contributed by atoms with E-state index in [-0.39, 0.29) is 5.82 Å². The van der Waals surface area contributed by atoms with Gasteiger partial charge in [-0.25, -0.2) is 4.39 Å². The maximum absolute atomic E-state index is 13.1. The molecule has 7 heteroatoms. The van der Waals surface area contributed by atoms with Crippen molar-refractivity contribution >= 4 is 17.5 Å². The first-order valence-electron chi connectivity index (χ1n) is 6.49. The van der Waals surface area contributed by atoms with Gasteiger partial charge in [0.05, 0.1) is 5.02 Å². The highest BCUT2D eigenvalue weighted by Gasteiger charge is 2.20. The highest BCUT2D eigenvalue weighted by molar-refractivity contribution is 6.33. The second-order valence-electron chi connectivity index (χ2n) is 4.91. The SMILES string of the molecule is CC1CN(c2n[nH]c(-c3ccc(F)cc3Cl)n2)CCN1. The summed E-state index contributed by atoms with van der Waals surface area (Å²) in [5.74, 6) is 0.833. The summed E-state index contributed by atoms with van der Waals surface area (Å²) in [7, 11) is 0. The Morgan fingerprint density at radius 3 is 3.05 bits per heavy atom. The Labute approximate surface area is 121 Å². The van der Waals surface area contributed by atoms with Crippen molar-refractivity contribution in [1.82, 2.24) is 20.5 Å². The van der Waals surface area contributed by atoms with Crippen LogP contribution >= 0.6 is 11.6 Å². The van der Waals surface area contributed by atoms with Crippen LogP contribution in [0.4, 0.5) is 10.3 Å². The van der Waals surface area contributed by atoms with Gasteiger partial charge in [-0.05, 0) is 25.1 Å². The molecule has 0 spiro atoms. The molecule has 0 aliphatic carbocycles. The molecule has 1 unspecified atom stereocenters. The van der Waals surface area contributed by atoms with Crippen molar-refractivity contribution in [1.29, 1.82) is 0 Å². The minimum absolute atomic E-state index is 0.321. The molecule has 1 atom stereocenters. The van der Waals surface area contributed by atoms with E-state index in [1.165, 1.54) is 12.1 Å². The first-order valence-corrected chi connectivity index (χ1v) is 6.87. The number of benzene rings is 1. The van der Waals surface area contributed by atoms with Crippen LogP contribution in [0.15, 0.2) is 18.2 Å². The Balaban J connectivity index is 1.86. The Kier molecular flexibility index (Phi) is 3.58. The lowest BCUT2D eigenvalue weighted by atomic mass is 10.2. The molecule has 1 aromatic heterocycles. The fourth-order valence-electron chi connectivity index (χ4n) is 2.31. The quantitative estimate of drug-likeness (QED) is 0.890. The lowest BCUT2D eigenvalue weighted by Gasteiger charge is -2.30. The van der Waals surface area contributed by atoms with E-state index in [1.807, 2.05) is 0 Å². The number of aromatic nitrogens is 3. The number of hydrogen-bond acceptors (Lipinski definition) is 4. The third kappa shape index (κ3) is 2.62. The average molecular weight is 296 g/mol. The van der Waals surface area contributed by atoms with Gasteiger partial charge >= 0.3 is 0 Å². The average Bonchev–Trinajstić information content (AvgIpc) is 2.88. The van der Waals surface area contributed by atoms with Gasteiger partial charge in [0.15, 0.2) is 5.82 Å². The van der Waals surface area contributed by atoms with Crippen molar-refractivity contribution in [2.75, 3.05) is 24.5 Å². The number of hydrogen-bond donors (Lipinski definition) is 2. The molecule has 1 saturated heterocycles. The van der Waals surface area contributed by atoms with E-state index in [9.17, 15) is 4.39 Å². The van der Waals surface area contributed by atoms with Crippen LogP contribution in [0.2, 0.25) is 5.02 Å². The molecule has 3 rings (SSSR count). The number of piperazine rings is 1. The Hall–Kier alpha value is -1.66. The van der Waals surface area contributed by atoms with Gasteiger partial charge < -0.3 is 10.2 Å². The van der Waals surface area contributed by atoms with Crippen molar-refractivity contribution in [2.24, 2.45) is 0 Å². The largest absolute Gasteiger partial charge is 0.337 e. The molecule has 1 aliphatic heterocycles. The van der Waals surface area contributed by atoms with E-state index in [1.54, 1.807) is 6.07 Å². The lowest BCUT2D eigenvalue weighted by Crippen LogP contribution is -2.49. The summed E-state index contributed by atoms with van der Waals surface area (Å²) >= 11 is 6.03. The van der Waals surface area contributed by atoms with Gasteiger partial charge in [-0.3, -0.25) is 5.10 Å². The van der Waals surface area contributed by atoms with Gasteiger partial charge in [-0.1, -0.05) is 11.6 Å². The molecule has 0 amide bonds. The van der Waals surface area contributed by atoms with E-state index in [0.717, 1.165) is 19.6 Å². The van der Waals surface area contributed by atoms with Crippen LogP contribution in [0.3, 0.4) is 0 Å². The molecular weight excluding hydrogens is 281 g/mol. The summed E-state index contributed by atoms with van der Waals surface area (Å²) in [5.41, 5.74) is 0.648. The highest BCUT2D eigenvalue weighted by Crippen LogP contribution is 2.26. The predicted octanol–water partition coefficient (Wildman–Crippen LogP) is 2.06. The van der Waals surface area contributed by atoms with E-state index in [0.29, 0.717) is 28.4 Å². The monoisotopic (exact) mass is 295 g/mol. The second-order valence-corrected chi connectivity index (χ2v) is 5.32. The fraction of sp³-hybridized carbons (Fsp3) is 0.385. The highest BCUT2D eigenvalue weighted by atomic mass is 35.5. The molecule has 0 bridgehead atoms. The van der Waals surface area contributed by atoms with Crippen LogP contribution in [0.5, 0.6) is 0 Å². The van der Waals surface area contributed by atoms with E-state index >= 15 is 0 Å². The topological polar surface area (TPSA) is 56.8 Å². The number of nitrogens with zero attached hydrogens (tertiary/aromatic N) is 3. The standard InChI is InChI=1S/C13H15ClFN5/c1-8-7-20(5-4-16-8)13-17-12(18-19-13)10-3-2-9(15)6-11(10)14/h2-3,6,8,16H,4-5,7H2,1H3,(H,17,18,19). The van der Waals surface area contributed by atoms with Crippen LogP contribution < -0.4 is 10.2 Å². The second kappa shape index (κ2) is 5.38. The zero-order valence-electron chi connectivity index (χ0n) is 11.0. The number of nitrogens with one attached hydrogen (secondary N) is 2. The molecule has 0 radical (unpaired) electrons. The third-order valence-electron chi connectivity index (χ3n) is 3.31. The summed E-state index contributed by atoms with van der Waals surface area (Å²) in [4.78, 5) is 6.56. The van der Waals surface area contributed by atoms with Gasteiger partial charge in [-0.2, -0.15) is 4.98 Å². The first-order chi connectivity index (χ1) is 9.63. The number of halogens is 2. The number of H-pyrrole nitrogens is 1. The molecular formula is C13H15ClFN5. The van der Waals surface area contributed by atoms with Crippen LogP contribution in [0.25, 0.3) is 11.4 Å². The van der Waals surface area contributed by atoms with Gasteiger partial charge in [0.1, 0.15) is 5.82 Å². The first kappa shape index (κ1) is 13.3. The summed E-state index contributed by atoms with van der Waals surface area (Å²) in [5, 5.41) is 10.8. The van der Waals surface area contributed by atoms with E-state index in [2.05, 4.69) is 32.3 Å². The smallest absolute Gasteiger partial charge is 0.245 e. The number of rotatable bonds is 2. The third-order valence-corrected chi connectivity index (χ3v) is 3.62. The molecule has 5 nitrogen and oxygen atoms in total. The van der Waals surface area contributed by atoms with Crippen molar-refractivity contribution in [3.63, 3.8) is 0 Å². The van der Waals surface area contributed by atoms with Crippen molar-refractivity contribution in [2.45, 2.75) is 13.0 Å².